The Balaban J connectivity index is 1.97. The van der Waals surface area contributed by atoms with Gasteiger partial charge in [0, 0.05) is 5.69 Å². The largest absolute Gasteiger partial charge is 0.484 e. The van der Waals surface area contributed by atoms with Gasteiger partial charge < -0.3 is 15.2 Å². The average molecular weight is 341 g/mol. The highest BCUT2D eigenvalue weighted by Gasteiger charge is 2.11. The molecule has 0 spiro atoms. The van der Waals surface area contributed by atoms with E-state index in [2.05, 4.69) is 19.2 Å². The van der Waals surface area contributed by atoms with Crippen LogP contribution in [0.5, 0.6) is 5.75 Å². The van der Waals surface area contributed by atoms with Crippen molar-refractivity contribution in [2.24, 2.45) is 0 Å². The third-order valence-electron chi connectivity index (χ3n) is 4.28. The predicted octanol–water partition coefficient (Wildman–Crippen LogP) is 4.27. The van der Waals surface area contributed by atoms with Gasteiger partial charge in [0.15, 0.2) is 6.61 Å². The molecule has 4 heteroatoms. The van der Waals surface area contributed by atoms with Crippen LogP contribution in [0, 0.1) is 0 Å². The van der Waals surface area contributed by atoms with Crippen LogP contribution in [-0.4, -0.2) is 17.6 Å². The highest BCUT2D eigenvalue weighted by atomic mass is 16.5. The van der Waals surface area contributed by atoms with Crippen molar-refractivity contribution in [2.45, 2.75) is 46.1 Å². The van der Waals surface area contributed by atoms with E-state index in [9.17, 15) is 9.90 Å². The van der Waals surface area contributed by atoms with Gasteiger partial charge in [-0.1, -0.05) is 51.1 Å². The topological polar surface area (TPSA) is 58.6 Å². The molecule has 0 saturated carbocycles. The fourth-order valence-electron chi connectivity index (χ4n) is 2.75. The number of ether oxygens (including phenoxy) is 1. The fourth-order valence-corrected chi connectivity index (χ4v) is 2.75. The SMILES string of the molecule is CCc1cccc(CC)c1NC(=O)COc1ccc(C(O)CC)cc1. The second-order valence-corrected chi connectivity index (χ2v) is 5.99. The van der Waals surface area contributed by atoms with Crippen LogP contribution in [0.2, 0.25) is 0 Å². The molecule has 0 saturated heterocycles. The number of benzene rings is 2. The molecule has 1 unspecified atom stereocenters. The van der Waals surface area contributed by atoms with E-state index in [1.54, 1.807) is 12.1 Å². The van der Waals surface area contributed by atoms with Gasteiger partial charge in [0.2, 0.25) is 0 Å². The van der Waals surface area contributed by atoms with Crippen LogP contribution in [0.15, 0.2) is 42.5 Å². The van der Waals surface area contributed by atoms with Gasteiger partial charge >= 0.3 is 0 Å². The Hall–Kier alpha value is -2.33. The summed E-state index contributed by atoms with van der Waals surface area (Å²) in [5, 5.41) is 12.8. The van der Waals surface area contributed by atoms with Gasteiger partial charge in [0.05, 0.1) is 6.10 Å². The third-order valence-corrected chi connectivity index (χ3v) is 4.28. The maximum absolute atomic E-state index is 12.3. The summed E-state index contributed by atoms with van der Waals surface area (Å²) in [5.74, 6) is 0.440. The third kappa shape index (κ3) is 5.07. The van der Waals surface area contributed by atoms with Crippen molar-refractivity contribution in [3.63, 3.8) is 0 Å². The predicted molar refractivity (Wildman–Crippen MR) is 101 cm³/mol. The zero-order chi connectivity index (χ0) is 18.2. The molecule has 25 heavy (non-hydrogen) atoms. The van der Waals surface area contributed by atoms with Gasteiger partial charge in [-0.3, -0.25) is 4.79 Å². The van der Waals surface area contributed by atoms with Crippen LogP contribution in [0.25, 0.3) is 0 Å². The molecule has 0 aliphatic carbocycles. The number of nitrogens with one attached hydrogen (secondary N) is 1. The Morgan fingerprint density at radius 2 is 1.64 bits per heavy atom. The lowest BCUT2D eigenvalue weighted by molar-refractivity contribution is -0.118. The average Bonchev–Trinajstić information content (AvgIpc) is 2.66. The first-order valence-corrected chi connectivity index (χ1v) is 8.90. The molecule has 0 aromatic heterocycles. The number of amides is 1. The van der Waals surface area contributed by atoms with Crippen molar-refractivity contribution >= 4 is 11.6 Å². The first-order valence-electron chi connectivity index (χ1n) is 8.90. The molecule has 2 aromatic carbocycles. The van der Waals surface area contributed by atoms with E-state index in [4.69, 9.17) is 4.74 Å². The van der Waals surface area contributed by atoms with Crippen LogP contribution in [0.3, 0.4) is 0 Å². The molecule has 2 aromatic rings. The van der Waals surface area contributed by atoms with Crippen LogP contribution in [0.1, 0.15) is 50.0 Å². The Bertz CT molecular complexity index is 673. The van der Waals surface area contributed by atoms with E-state index < -0.39 is 6.10 Å². The molecule has 2 rings (SSSR count). The Kier molecular flexibility index (Phi) is 7.02. The van der Waals surface area contributed by atoms with Crippen molar-refractivity contribution in [1.82, 2.24) is 0 Å². The van der Waals surface area contributed by atoms with Gasteiger partial charge in [-0.25, -0.2) is 0 Å². The molecule has 134 valence electrons. The number of rotatable bonds is 8. The summed E-state index contributed by atoms with van der Waals surface area (Å²) < 4.78 is 5.56. The number of aliphatic hydroxyl groups excluding tert-OH is 1. The molecule has 1 amide bonds. The van der Waals surface area contributed by atoms with E-state index in [-0.39, 0.29) is 12.5 Å². The minimum atomic E-state index is -0.463. The van der Waals surface area contributed by atoms with Crippen molar-refractivity contribution < 1.29 is 14.6 Å². The van der Waals surface area contributed by atoms with Gasteiger partial charge in [0.25, 0.3) is 5.91 Å². The normalized spacial score (nSPS) is 11.8. The smallest absolute Gasteiger partial charge is 0.262 e. The molecular weight excluding hydrogens is 314 g/mol. The van der Waals surface area contributed by atoms with Crippen LogP contribution in [0.4, 0.5) is 5.69 Å². The van der Waals surface area contributed by atoms with Crippen LogP contribution >= 0.6 is 0 Å². The van der Waals surface area contributed by atoms with Crippen molar-refractivity contribution in [2.75, 3.05) is 11.9 Å². The number of carbonyl (C=O) groups excluding carboxylic acids is 1. The summed E-state index contributed by atoms with van der Waals surface area (Å²) >= 11 is 0. The maximum atomic E-state index is 12.3. The molecule has 1 atom stereocenters. The van der Waals surface area contributed by atoms with E-state index in [1.807, 2.05) is 37.3 Å². The lowest BCUT2D eigenvalue weighted by atomic mass is 10.0. The second-order valence-electron chi connectivity index (χ2n) is 5.99. The van der Waals surface area contributed by atoms with Gasteiger partial charge in [-0.15, -0.1) is 0 Å². The zero-order valence-corrected chi connectivity index (χ0v) is 15.2. The molecule has 0 bridgehead atoms. The molecule has 0 aliphatic heterocycles. The highest BCUT2D eigenvalue weighted by molar-refractivity contribution is 5.93. The van der Waals surface area contributed by atoms with Crippen LogP contribution < -0.4 is 10.1 Å². The first kappa shape index (κ1) is 19.0. The van der Waals surface area contributed by atoms with Gasteiger partial charge in [-0.05, 0) is 48.1 Å². The minimum absolute atomic E-state index is 0.0448. The van der Waals surface area contributed by atoms with Gasteiger partial charge in [-0.2, -0.15) is 0 Å². The molecule has 0 aliphatic rings. The summed E-state index contributed by atoms with van der Waals surface area (Å²) in [6.45, 7) is 6.04. The number of hydrogen-bond acceptors (Lipinski definition) is 3. The highest BCUT2D eigenvalue weighted by Crippen LogP contribution is 2.23. The summed E-state index contributed by atoms with van der Waals surface area (Å²) in [6, 6.07) is 13.3. The van der Waals surface area contributed by atoms with Crippen molar-refractivity contribution in [3.05, 3.63) is 59.2 Å². The fraction of sp³-hybridized carbons (Fsp3) is 0.381. The Morgan fingerprint density at radius 1 is 1.04 bits per heavy atom. The maximum Gasteiger partial charge on any atom is 0.262 e. The van der Waals surface area contributed by atoms with Crippen molar-refractivity contribution in [1.29, 1.82) is 0 Å². The van der Waals surface area contributed by atoms with E-state index in [0.29, 0.717) is 12.2 Å². The summed E-state index contributed by atoms with van der Waals surface area (Å²) in [5.41, 5.74) is 4.02. The molecule has 0 radical (unpaired) electrons. The van der Waals surface area contributed by atoms with Crippen LogP contribution in [-0.2, 0) is 17.6 Å². The summed E-state index contributed by atoms with van der Waals surface area (Å²) in [6.07, 6.45) is 1.94. The first-order chi connectivity index (χ1) is 12.1. The van der Waals surface area contributed by atoms with E-state index in [0.717, 1.165) is 35.2 Å². The lowest BCUT2D eigenvalue weighted by Gasteiger charge is -2.15. The molecule has 2 N–H and O–H groups in total. The monoisotopic (exact) mass is 341 g/mol. The number of hydrogen-bond donors (Lipinski definition) is 2. The molecular formula is C21H27NO3. The Morgan fingerprint density at radius 3 is 2.16 bits per heavy atom. The lowest BCUT2D eigenvalue weighted by Crippen LogP contribution is -2.21. The minimum Gasteiger partial charge on any atom is -0.484 e. The van der Waals surface area contributed by atoms with E-state index >= 15 is 0 Å². The number of aryl methyl sites for hydroxylation is 2. The summed E-state index contributed by atoms with van der Waals surface area (Å²) in [4.78, 5) is 12.3. The zero-order valence-electron chi connectivity index (χ0n) is 15.2. The summed E-state index contributed by atoms with van der Waals surface area (Å²) in [7, 11) is 0. The standard InChI is InChI=1S/C21H27NO3/c1-4-15-8-7-9-16(5-2)21(15)22-20(24)14-25-18-12-10-17(11-13-18)19(23)6-3/h7-13,19,23H,4-6,14H2,1-3H3,(H,22,24). The van der Waals surface area contributed by atoms with Gasteiger partial charge in [0.1, 0.15) is 5.75 Å². The Labute approximate surface area is 149 Å². The molecule has 0 heterocycles. The quantitative estimate of drug-likeness (QED) is 0.754. The second kappa shape index (κ2) is 9.23. The number of carbonyl (C=O) groups is 1. The number of aliphatic hydroxyl groups is 1. The van der Waals surface area contributed by atoms with E-state index in [1.165, 1.54) is 0 Å². The molecule has 4 nitrogen and oxygen atoms in total. The number of anilines is 1. The molecule has 0 fully saturated rings. The number of para-hydroxylation sites is 1. The van der Waals surface area contributed by atoms with Crippen molar-refractivity contribution in [3.8, 4) is 5.75 Å².